The van der Waals surface area contributed by atoms with Crippen LogP contribution < -0.4 is 10.1 Å². The third-order valence-corrected chi connectivity index (χ3v) is 10.2. The van der Waals surface area contributed by atoms with E-state index in [0.29, 0.717) is 28.5 Å². The monoisotopic (exact) mass is 524 g/mol. The normalized spacial score (nSPS) is 22.7. The van der Waals surface area contributed by atoms with Gasteiger partial charge in [-0.25, -0.2) is 11.4 Å². The summed E-state index contributed by atoms with van der Waals surface area (Å²) in [6.07, 6.45) is -0.0486. The molecule has 0 saturated carbocycles. The highest BCUT2D eigenvalue weighted by molar-refractivity contribution is 8.21. The Kier molecular flexibility index (Phi) is 7.57. The van der Waals surface area contributed by atoms with Crippen molar-refractivity contribution in [3.63, 3.8) is 0 Å². The highest BCUT2D eigenvalue weighted by Crippen LogP contribution is 2.65. The summed E-state index contributed by atoms with van der Waals surface area (Å²) in [5.74, 6) is -0.188. The van der Waals surface area contributed by atoms with Gasteiger partial charge in [-0.15, -0.1) is 23.5 Å². The summed E-state index contributed by atoms with van der Waals surface area (Å²) < 4.78 is 9.44. The number of rotatable bonds is 6. The molecule has 1 aliphatic carbocycles. The zero-order valence-corrected chi connectivity index (χ0v) is 22.0. The molecule has 0 unspecified atom stereocenters. The molecule has 1 saturated heterocycles. The molecule has 0 bridgehead atoms. The highest BCUT2D eigenvalue weighted by atomic mass is 32.2. The van der Waals surface area contributed by atoms with E-state index in [0.717, 1.165) is 5.56 Å². The smallest absolute Gasteiger partial charge is 0.396 e. The van der Waals surface area contributed by atoms with Gasteiger partial charge >= 0.3 is 11.5 Å². The van der Waals surface area contributed by atoms with Gasteiger partial charge in [-0.2, -0.15) is 0 Å². The average Bonchev–Trinajstić information content (AvgIpc) is 3.35. The zero-order chi connectivity index (χ0) is 25.9. The molecule has 1 amide bonds. The van der Waals surface area contributed by atoms with E-state index in [-0.39, 0.29) is 24.4 Å². The first kappa shape index (κ1) is 26.0. The third kappa shape index (κ3) is 4.22. The second-order valence-corrected chi connectivity index (χ2v) is 11.5. The summed E-state index contributed by atoms with van der Waals surface area (Å²) in [6, 6.07) is 14.4. The van der Waals surface area contributed by atoms with Gasteiger partial charge in [0.25, 0.3) is 5.91 Å². The SMILES string of the molecule is [C-]#[N+][C@@]1(C(=O)OCC)[C@@H](c2ccc(OC)cc2)CC(O)=C(C(=O)Nc2ccc(C)cc2)C12SCCS2. The van der Waals surface area contributed by atoms with Crippen LogP contribution in [0.15, 0.2) is 59.9 Å². The second-order valence-electron chi connectivity index (χ2n) is 8.58. The van der Waals surface area contributed by atoms with E-state index in [2.05, 4.69) is 10.2 Å². The number of anilines is 1. The fourth-order valence-corrected chi connectivity index (χ4v) is 8.62. The number of aliphatic hydroxyl groups is 1. The van der Waals surface area contributed by atoms with E-state index in [4.69, 9.17) is 16.0 Å². The number of allylic oxidation sites excluding steroid dienone is 1. The first-order chi connectivity index (χ1) is 17.3. The third-order valence-electron chi connectivity index (χ3n) is 6.53. The van der Waals surface area contributed by atoms with Gasteiger partial charge in [-0.05, 0) is 43.7 Å². The quantitative estimate of drug-likeness (QED) is 0.390. The van der Waals surface area contributed by atoms with E-state index in [9.17, 15) is 14.7 Å². The van der Waals surface area contributed by atoms with E-state index < -0.39 is 27.4 Å². The molecule has 1 fully saturated rings. The Hall–Kier alpha value is -3.09. The number of aryl methyl sites for hydroxylation is 1. The predicted molar refractivity (Wildman–Crippen MR) is 143 cm³/mol. The van der Waals surface area contributed by atoms with Crippen molar-refractivity contribution >= 4 is 41.1 Å². The molecule has 1 spiro atoms. The molecule has 2 N–H and O–H groups in total. The number of thioether (sulfide) groups is 2. The molecule has 2 aliphatic rings. The van der Waals surface area contributed by atoms with Crippen LogP contribution in [0.25, 0.3) is 4.85 Å². The summed E-state index contributed by atoms with van der Waals surface area (Å²) in [7, 11) is 1.56. The Labute approximate surface area is 219 Å². The van der Waals surface area contributed by atoms with Gasteiger partial charge in [-0.1, -0.05) is 29.8 Å². The molecule has 7 nitrogen and oxygen atoms in total. The number of esters is 1. The van der Waals surface area contributed by atoms with Crippen molar-refractivity contribution in [1.29, 1.82) is 0 Å². The van der Waals surface area contributed by atoms with Crippen LogP contribution in [-0.4, -0.2) is 51.8 Å². The van der Waals surface area contributed by atoms with Crippen molar-refractivity contribution in [3.8, 4) is 5.75 Å². The molecule has 9 heteroatoms. The Morgan fingerprint density at radius 2 is 1.78 bits per heavy atom. The van der Waals surface area contributed by atoms with Gasteiger partial charge < -0.3 is 19.9 Å². The molecule has 1 heterocycles. The van der Waals surface area contributed by atoms with Crippen molar-refractivity contribution in [2.45, 2.75) is 35.8 Å². The molecule has 36 heavy (non-hydrogen) atoms. The number of amides is 1. The zero-order valence-electron chi connectivity index (χ0n) is 20.4. The Balaban J connectivity index is 1.89. The van der Waals surface area contributed by atoms with Crippen LogP contribution in [0, 0.1) is 13.5 Å². The molecule has 1 aliphatic heterocycles. The first-order valence-electron chi connectivity index (χ1n) is 11.6. The van der Waals surface area contributed by atoms with Gasteiger partial charge in [0.15, 0.2) is 4.08 Å². The maximum absolute atomic E-state index is 13.8. The number of aliphatic hydroxyl groups excluding tert-OH is 1. The lowest BCUT2D eigenvalue weighted by Crippen LogP contribution is -2.61. The lowest BCUT2D eigenvalue weighted by molar-refractivity contribution is -0.149. The van der Waals surface area contributed by atoms with Gasteiger partial charge in [0.2, 0.25) is 0 Å². The number of hydrogen-bond acceptors (Lipinski definition) is 7. The van der Waals surface area contributed by atoms with E-state index >= 15 is 0 Å². The number of nitrogens with zero attached hydrogens (tertiary/aromatic N) is 1. The van der Waals surface area contributed by atoms with E-state index in [1.165, 1.54) is 23.5 Å². The number of hydrogen-bond donors (Lipinski definition) is 2. The molecule has 2 aromatic carbocycles. The van der Waals surface area contributed by atoms with E-state index in [1.807, 2.05) is 19.1 Å². The highest BCUT2D eigenvalue weighted by Gasteiger charge is 2.76. The molecule has 0 aromatic heterocycles. The fraction of sp³-hybridized carbons (Fsp3) is 0.370. The van der Waals surface area contributed by atoms with Crippen molar-refractivity contribution in [2.75, 3.05) is 30.5 Å². The molecular formula is C27H28N2O5S2. The molecule has 2 atom stereocenters. The molecule has 4 rings (SSSR count). The molecule has 0 radical (unpaired) electrons. The lowest BCUT2D eigenvalue weighted by atomic mass is 9.68. The number of methoxy groups -OCH3 is 1. The number of carbonyl (C=O) groups excluding carboxylic acids is 2. The Morgan fingerprint density at radius 3 is 2.33 bits per heavy atom. The van der Waals surface area contributed by atoms with Crippen LogP contribution >= 0.6 is 23.5 Å². The largest absolute Gasteiger partial charge is 0.512 e. The van der Waals surface area contributed by atoms with Gasteiger partial charge in [0, 0.05) is 23.6 Å². The molecule has 188 valence electrons. The number of ether oxygens (including phenoxy) is 2. The van der Waals surface area contributed by atoms with Crippen molar-refractivity contribution in [3.05, 3.63) is 82.4 Å². The van der Waals surface area contributed by atoms with Gasteiger partial charge in [-0.3, -0.25) is 9.64 Å². The van der Waals surface area contributed by atoms with Crippen LogP contribution in [0.3, 0.4) is 0 Å². The van der Waals surface area contributed by atoms with Crippen LogP contribution in [-0.2, 0) is 14.3 Å². The standard InChI is InChI=1S/C27H28N2O5S2/c1-5-34-25(32)26(28-3)21(18-8-12-20(33-4)13-9-18)16-22(30)23(27(26)35-14-15-36-27)24(31)29-19-10-6-17(2)7-11-19/h6-13,21,30H,5,14-16H2,1-2,4H3,(H,29,31)/t21-,26-/m1/s1. The van der Waals surface area contributed by atoms with Crippen molar-refractivity contribution in [2.24, 2.45) is 0 Å². The summed E-state index contributed by atoms with van der Waals surface area (Å²) in [5.41, 5.74) is 0.593. The summed E-state index contributed by atoms with van der Waals surface area (Å²) in [5, 5.41) is 14.2. The predicted octanol–water partition coefficient (Wildman–Crippen LogP) is 5.34. The van der Waals surface area contributed by atoms with Crippen LogP contribution in [0.2, 0.25) is 0 Å². The van der Waals surface area contributed by atoms with Crippen LogP contribution in [0.1, 0.15) is 30.4 Å². The molecular weight excluding hydrogens is 496 g/mol. The maximum atomic E-state index is 13.8. The first-order valence-corrected chi connectivity index (χ1v) is 13.6. The topological polar surface area (TPSA) is 89.2 Å². The Morgan fingerprint density at radius 1 is 1.14 bits per heavy atom. The summed E-state index contributed by atoms with van der Waals surface area (Å²) in [6.45, 7) is 12.1. The fourth-order valence-electron chi connectivity index (χ4n) is 4.85. The number of benzene rings is 2. The second kappa shape index (κ2) is 10.5. The van der Waals surface area contributed by atoms with Crippen LogP contribution in [0.5, 0.6) is 5.75 Å². The van der Waals surface area contributed by atoms with Crippen molar-refractivity contribution < 1.29 is 24.2 Å². The summed E-state index contributed by atoms with van der Waals surface area (Å²) >= 11 is 2.71. The maximum Gasteiger partial charge on any atom is 0.396 e. The van der Waals surface area contributed by atoms with Gasteiger partial charge in [0.1, 0.15) is 11.5 Å². The van der Waals surface area contributed by atoms with Crippen molar-refractivity contribution in [1.82, 2.24) is 0 Å². The Bertz CT molecular complexity index is 1210. The van der Waals surface area contributed by atoms with Crippen LogP contribution in [0.4, 0.5) is 5.69 Å². The minimum absolute atomic E-state index is 0.0486. The van der Waals surface area contributed by atoms with Gasteiger partial charge in [0.05, 0.1) is 25.2 Å². The van der Waals surface area contributed by atoms with E-state index in [1.54, 1.807) is 50.4 Å². The number of nitrogens with one attached hydrogen (secondary N) is 1. The summed E-state index contributed by atoms with van der Waals surface area (Å²) in [4.78, 5) is 31.5. The minimum Gasteiger partial charge on any atom is -0.512 e. The minimum atomic E-state index is -1.77. The lowest BCUT2D eigenvalue weighted by Gasteiger charge is -2.45. The number of carbonyl (C=O) groups is 2. The molecule has 2 aromatic rings. The average molecular weight is 525 g/mol.